The molecule has 0 saturated heterocycles. The molecule has 4 heteroatoms. The molecule has 1 amide bonds. The minimum Gasteiger partial charge on any atom is -0.354 e. The molecule has 0 heterocycles. The van der Waals surface area contributed by atoms with Crippen LogP contribution in [-0.4, -0.2) is 18.5 Å². The van der Waals surface area contributed by atoms with E-state index in [4.69, 9.17) is 5.73 Å². The molecular formula is C13H21ClN2O. The largest absolute Gasteiger partial charge is 0.354 e. The lowest BCUT2D eigenvalue weighted by Gasteiger charge is -2.15. The van der Waals surface area contributed by atoms with Crippen molar-refractivity contribution in [2.24, 2.45) is 11.7 Å². The molecule has 0 saturated carbocycles. The second-order valence-electron chi connectivity index (χ2n) is 4.30. The topological polar surface area (TPSA) is 55.1 Å². The third-order valence-electron chi connectivity index (χ3n) is 2.58. The second kappa shape index (κ2) is 8.09. The maximum absolute atomic E-state index is 11.5. The molecule has 1 aromatic rings. The van der Waals surface area contributed by atoms with Crippen LogP contribution in [0.1, 0.15) is 19.4 Å². The Morgan fingerprint density at radius 3 is 2.41 bits per heavy atom. The average molecular weight is 257 g/mol. The highest BCUT2D eigenvalue weighted by Crippen LogP contribution is 2.00. The molecule has 17 heavy (non-hydrogen) atoms. The Balaban J connectivity index is 0.00000256. The Hall–Kier alpha value is -1.06. The minimum atomic E-state index is -0.407. The standard InChI is InChI=1S/C13H20N2O.ClH/c1-10(2)12(14)13(16)15-9-8-11-6-4-3-5-7-11;/h3-7,10,12H,8-9,14H2,1-2H3,(H,15,16);1H/t12-;/m1./s1. The smallest absolute Gasteiger partial charge is 0.237 e. The van der Waals surface area contributed by atoms with E-state index < -0.39 is 6.04 Å². The van der Waals surface area contributed by atoms with Crippen molar-refractivity contribution in [3.8, 4) is 0 Å². The van der Waals surface area contributed by atoms with Crippen LogP contribution in [0.25, 0.3) is 0 Å². The van der Waals surface area contributed by atoms with Crippen molar-refractivity contribution in [3.05, 3.63) is 35.9 Å². The van der Waals surface area contributed by atoms with Gasteiger partial charge in [-0.25, -0.2) is 0 Å². The fourth-order valence-electron chi connectivity index (χ4n) is 1.40. The number of rotatable bonds is 5. The molecule has 3 nitrogen and oxygen atoms in total. The van der Waals surface area contributed by atoms with Crippen LogP contribution in [0.2, 0.25) is 0 Å². The third kappa shape index (κ3) is 5.71. The zero-order chi connectivity index (χ0) is 12.0. The first kappa shape index (κ1) is 15.9. The Bertz CT molecular complexity index is 327. The van der Waals surface area contributed by atoms with E-state index in [-0.39, 0.29) is 24.2 Å². The lowest BCUT2D eigenvalue weighted by Crippen LogP contribution is -2.44. The van der Waals surface area contributed by atoms with Crippen molar-refractivity contribution in [3.63, 3.8) is 0 Å². The summed E-state index contributed by atoms with van der Waals surface area (Å²) in [5.41, 5.74) is 6.95. The summed E-state index contributed by atoms with van der Waals surface area (Å²) in [7, 11) is 0. The number of nitrogens with one attached hydrogen (secondary N) is 1. The molecule has 0 aliphatic rings. The number of carbonyl (C=O) groups excluding carboxylic acids is 1. The highest BCUT2D eigenvalue weighted by molar-refractivity contribution is 5.85. The van der Waals surface area contributed by atoms with Gasteiger partial charge in [0.05, 0.1) is 6.04 Å². The molecule has 0 aromatic heterocycles. The van der Waals surface area contributed by atoms with Gasteiger partial charge in [-0.15, -0.1) is 12.4 Å². The normalized spacial score (nSPS) is 11.8. The molecule has 0 unspecified atom stereocenters. The number of carbonyl (C=O) groups is 1. The Morgan fingerprint density at radius 2 is 1.88 bits per heavy atom. The fourth-order valence-corrected chi connectivity index (χ4v) is 1.40. The van der Waals surface area contributed by atoms with E-state index in [0.717, 1.165) is 6.42 Å². The Labute approximate surface area is 109 Å². The predicted octanol–water partition coefficient (Wildman–Crippen LogP) is 1.75. The van der Waals surface area contributed by atoms with Gasteiger partial charge in [-0.2, -0.15) is 0 Å². The van der Waals surface area contributed by atoms with Gasteiger partial charge in [0.1, 0.15) is 0 Å². The van der Waals surface area contributed by atoms with Crippen molar-refractivity contribution < 1.29 is 4.79 Å². The van der Waals surface area contributed by atoms with Crippen molar-refractivity contribution in [1.82, 2.24) is 5.32 Å². The first-order valence-corrected chi connectivity index (χ1v) is 5.68. The number of amides is 1. The third-order valence-corrected chi connectivity index (χ3v) is 2.58. The number of hydrogen-bond acceptors (Lipinski definition) is 2. The molecule has 96 valence electrons. The molecule has 1 aromatic carbocycles. The van der Waals surface area contributed by atoms with E-state index in [9.17, 15) is 4.79 Å². The summed E-state index contributed by atoms with van der Waals surface area (Å²) in [5, 5.41) is 2.85. The van der Waals surface area contributed by atoms with E-state index in [2.05, 4.69) is 17.4 Å². The van der Waals surface area contributed by atoms with Crippen LogP contribution >= 0.6 is 12.4 Å². The van der Waals surface area contributed by atoms with Gasteiger partial charge in [0, 0.05) is 6.54 Å². The summed E-state index contributed by atoms with van der Waals surface area (Å²) in [6, 6.07) is 9.67. The average Bonchev–Trinajstić information content (AvgIpc) is 2.29. The fraction of sp³-hybridized carbons (Fsp3) is 0.462. The molecule has 0 spiro atoms. The molecule has 0 bridgehead atoms. The van der Waals surface area contributed by atoms with Crippen molar-refractivity contribution in [2.75, 3.05) is 6.54 Å². The number of nitrogens with two attached hydrogens (primary N) is 1. The minimum absolute atomic E-state index is 0. The van der Waals surface area contributed by atoms with Gasteiger partial charge in [-0.05, 0) is 17.9 Å². The van der Waals surface area contributed by atoms with Crippen molar-refractivity contribution in [1.29, 1.82) is 0 Å². The summed E-state index contributed by atoms with van der Waals surface area (Å²) in [6.07, 6.45) is 0.845. The van der Waals surface area contributed by atoms with Gasteiger partial charge in [-0.1, -0.05) is 44.2 Å². The van der Waals surface area contributed by atoms with E-state index in [0.29, 0.717) is 6.54 Å². The van der Waals surface area contributed by atoms with E-state index in [1.165, 1.54) is 5.56 Å². The summed E-state index contributed by atoms with van der Waals surface area (Å²) in [6.45, 7) is 4.53. The molecule has 0 aliphatic carbocycles. The molecule has 0 radical (unpaired) electrons. The van der Waals surface area contributed by atoms with Gasteiger partial charge in [0.25, 0.3) is 0 Å². The Morgan fingerprint density at radius 1 is 1.29 bits per heavy atom. The van der Waals surface area contributed by atoms with Crippen LogP contribution in [0, 0.1) is 5.92 Å². The zero-order valence-corrected chi connectivity index (χ0v) is 11.2. The lowest BCUT2D eigenvalue weighted by atomic mass is 10.0. The first-order chi connectivity index (χ1) is 7.61. The second-order valence-corrected chi connectivity index (χ2v) is 4.30. The Kier molecular flexibility index (Phi) is 7.59. The first-order valence-electron chi connectivity index (χ1n) is 5.68. The van der Waals surface area contributed by atoms with Crippen LogP contribution in [0.5, 0.6) is 0 Å². The van der Waals surface area contributed by atoms with Crippen molar-refractivity contribution in [2.45, 2.75) is 26.3 Å². The maximum Gasteiger partial charge on any atom is 0.237 e. The molecule has 3 N–H and O–H groups in total. The van der Waals surface area contributed by atoms with E-state index in [1.807, 2.05) is 32.0 Å². The van der Waals surface area contributed by atoms with Gasteiger partial charge < -0.3 is 11.1 Å². The van der Waals surface area contributed by atoms with E-state index in [1.54, 1.807) is 0 Å². The van der Waals surface area contributed by atoms with Gasteiger partial charge >= 0.3 is 0 Å². The summed E-state index contributed by atoms with van der Waals surface area (Å²) in [4.78, 5) is 11.5. The van der Waals surface area contributed by atoms with Crippen LogP contribution in [0.3, 0.4) is 0 Å². The molecule has 0 aliphatic heterocycles. The number of hydrogen-bond donors (Lipinski definition) is 2. The highest BCUT2D eigenvalue weighted by atomic mass is 35.5. The van der Waals surface area contributed by atoms with Crippen LogP contribution in [0.15, 0.2) is 30.3 Å². The van der Waals surface area contributed by atoms with Crippen molar-refractivity contribution >= 4 is 18.3 Å². The van der Waals surface area contributed by atoms with Crippen LogP contribution < -0.4 is 11.1 Å². The number of halogens is 1. The van der Waals surface area contributed by atoms with Gasteiger partial charge in [0.15, 0.2) is 0 Å². The SMILES string of the molecule is CC(C)[C@@H](N)C(=O)NCCc1ccccc1.Cl. The predicted molar refractivity (Wildman–Crippen MR) is 73.2 cm³/mol. The molecule has 1 atom stereocenters. The summed E-state index contributed by atoms with van der Waals surface area (Å²) < 4.78 is 0. The molecular weight excluding hydrogens is 236 g/mol. The lowest BCUT2D eigenvalue weighted by molar-refractivity contribution is -0.123. The van der Waals surface area contributed by atoms with Crippen LogP contribution in [0.4, 0.5) is 0 Å². The maximum atomic E-state index is 11.5. The summed E-state index contributed by atoms with van der Waals surface area (Å²) >= 11 is 0. The quantitative estimate of drug-likeness (QED) is 0.843. The monoisotopic (exact) mass is 256 g/mol. The van der Waals surface area contributed by atoms with Crippen LogP contribution in [-0.2, 0) is 11.2 Å². The van der Waals surface area contributed by atoms with E-state index >= 15 is 0 Å². The molecule has 0 fully saturated rings. The zero-order valence-electron chi connectivity index (χ0n) is 10.3. The molecule has 1 rings (SSSR count). The van der Waals surface area contributed by atoms with Gasteiger partial charge in [-0.3, -0.25) is 4.79 Å². The van der Waals surface area contributed by atoms with Gasteiger partial charge in [0.2, 0.25) is 5.91 Å². The summed E-state index contributed by atoms with van der Waals surface area (Å²) in [5.74, 6) is 0.114. The number of benzene rings is 1. The highest BCUT2D eigenvalue weighted by Gasteiger charge is 2.15.